The molecule has 0 saturated carbocycles. The Kier molecular flexibility index (Phi) is 7.35. The summed E-state index contributed by atoms with van der Waals surface area (Å²) in [7, 11) is 0. The first kappa shape index (κ1) is 24.9. The van der Waals surface area contributed by atoms with Crippen LogP contribution in [0.2, 0.25) is 0 Å². The van der Waals surface area contributed by atoms with Crippen molar-refractivity contribution >= 4 is 46.2 Å². The van der Waals surface area contributed by atoms with Crippen LogP contribution in [-0.4, -0.2) is 34.1 Å². The zero-order chi connectivity index (χ0) is 25.8. The van der Waals surface area contributed by atoms with Gasteiger partial charge in [-0.15, -0.1) is 11.3 Å². The Labute approximate surface area is 212 Å². The minimum Gasteiger partial charge on any atom is -0.346 e. The Bertz CT molecular complexity index is 1380. The Hall–Kier alpha value is -4.18. The van der Waals surface area contributed by atoms with Crippen molar-refractivity contribution in [1.29, 1.82) is 0 Å². The van der Waals surface area contributed by atoms with Gasteiger partial charge < -0.3 is 5.32 Å². The quantitative estimate of drug-likeness (QED) is 0.377. The van der Waals surface area contributed by atoms with Gasteiger partial charge in [0.2, 0.25) is 0 Å². The average molecular weight is 503 g/mol. The van der Waals surface area contributed by atoms with E-state index in [9.17, 15) is 14.4 Å². The van der Waals surface area contributed by atoms with E-state index < -0.39 is 11.8 Å². The van der Waals surface area contributed by atoms with Crippen molar-refractivity contribution in [1.82, 2.24) is 15.7 Å². The first-order valence-electron chi connectivity index (χ1n) is 11.3. The molecule has 4 rings (SSSR count). The van der Waals surface area contributed by atoms with E-state index in [1.807, 2.05) is 44.2 Å². The second kappa shape index (κ2) is 10.6. The van der Waals surface area contributed by atoms with Gasteiger partial charge in [0.05, 0.1) is 39.1 Å². The fourth-order valence-corrected chi connectivity index (χ4v) is 4.50. The van der Waals surface area contributed by atoms with Gasteiger partial charge in [0.15, 0.2) is 0 Å². The van der Waals surface area contributed by atoms with Gasteiger partial charge in [0, 0.05) is 6.20 Å². The molecule has 2 aromatic heterocycles. The smallest absolute Gasteiger partial charge is 0.281 e. The maximum absolute atomic E-state index is 13.1. The lowest BCUT2D eigenvalue weighted by Gasteiger charge is -2.15. The van der Waals surface area contributed by atoms with E-state index in [4.69, 9.17) is 0 Å². The number of anilines is 1. The molecule has 1 aliphatic heterocycles. The molecule has 3 heterocycles. The molecule has 0 fully saturated rings. The predicted molar refractivity (Wildman–Crippen MR) is 140 cm³/mol. The topological polar surface area (TPSA) is 116 Å². The number of carbonyl (C=O) groups excluding carboxylic acids is 3. The molecule has 2 N–H and O–H groups in total. The third-order valence-corrected chi connectivity index (χ3v) is 6.91. The molecule has 1 aromatic carbocycles. The van der Waals surface area contributed by atoms with Crippen LogP contribution in [0.4, 0.5) is 5.69 Å². The molecule has 9 nitrogen and oxygen atoms in total. The molecule has 10 heteroatoms. The number of amides is 3. The number of nitrogens with zero attached hydrogens (tertiary/aromatic N) is 4. The highest BCUT2D eigenvalue weighted by molar-refractivity contribution is 7.15. The number of rotatable bonds is 7. The Balaban J connectivity index is 1.38. The molecule has 0 aliphatic carbocycles. The molecular weight excluding hydrogens is 476 g/mol. The third-order valence-electron chi connectivity index (χ3n) is 5.83. The van der Waals surface area contributed by atoms with Crippen molar-refractivity contribution in [2.75, 3.05) is 5.01 Å². The number of carbonyl (C=O) groups is 3. The summed E-state index contributed by atoms with van der Waals surface area (Å²) < 4.78 is 0. The van der Waals surface area contributed by atoms with Crippen LogP contribution in [0.1, 0.15) is 50.0 Å². The van der Waals surface area contributed by atoms with Crippen LogP contribution >= 0.6 is 11.3 Å². The first-order valence-corrected chi connectivity index (χ1v) is 12.1. The second-order valence-electron chi connectivity index (χ2n) is 8.45. The number of nitrogens with one attached hydrogen (secondary N) is 2. The van der Waals surface area contributed by atoms with E-state index in [-0.39, 0.29) is 18.4 Å². The van der Waals surface area contributed by atoms with Crippen LogP contribution in [0, 0.1) is 19.8 Å². The van der Waals surface area contributed by atoms with Gasteiger partial charge in [-0.1, -0.05) is 12.1 Å². The van der Waals surface area contributed by atoms with Gasteiger partial charge in [-0.3, -0.25) is 19.4 Å². The maximum Gasteiger partial charge on any atom is 0.281 e. The molecule has 1 atom stereocenters. The highest BCUT2D eigenvalue weighted by atomic mass is 32.1. The molecule has 1 unspecified atom stereocenters. The molecule has 0 saturated heterocycles. The van der Waals surface area contributed by atoms with Crippen LogP contribution in [0.15, 0.2) is 64.9 Å². The van der Waals surface area contributed by atoms with E-state index in [1.54, 1.807) is 38.2 Å². The van der Waals surface area contributed by atoms with Crippen molar-refractivity contribution in [3.8, 4) is 0 Å². The Morgan fingerprint density at radius 1 is 1.03 bits per heavy atom. The summed E-state index contributed by atoms with van der Waals surface area (Å²) in [5.74, 6) is -1.65. The number of hydrazone groups is 2. The van der Waals surface area contributed by atoms with Crippen molar-refractivity contribution in [3.63, 3.8) is 0 Å². The van der Waals surface area contributed by atoms with Gasteiger partial charge in [0.1, 0.15) is 5.92 Å². The van der Waals surface area contributed by atoms with Gasteiger partial charge in [0.25, 0.3) is 17.7 Å². The van der Waals surface area contributed by atoms with Gasteiger partial charge in [-0.2, -0.15) is 15.2 Å². The molecule has 36 heavy (non-hydrogen) atoms. The molecule has 184 valence electrons. The maximum atomic E-state index is 13.1. The minimum absolute atomic E-state index is 0.228. The monoisotopic (exact) mass is 502 g/mol. The third kappa shape index (κ3) is 5.38. The standard InChI is InChI=1S/C26H26N6O3S/c1-15-8-9-20(13-16(15)2)32-26(35)23(18(4)31-32)17(3)29-30-25(34)22-11-10-21(36-22)24(33)28-14-19-7-5-6-12-27-19/h5-13,23H,14H2,1-4H3,(H,28,33)(H,30,34)/b29-17+. The number of hydrogen-bond acceptors (Lipinski definition) is 7. The van der Waals surface area contributed by atoms with E-state index in [0.29, 0.717) is 26.9 Å². The minimum atomic E-state index is -0.664. The molecular formula is C26H26N6O3S. The molecule has 3 amide bonds. The summed E-state index contributed by atoms with van der Waals surface area (Å²) in [5.41, 5.74) is 7.13. The van der Waals surface area contributed by atoms with Crippen LogP contribution in [0.25, 0.3) is 0 Å². The second-order valence-corrected chi connectivity index (χ2v) is 9.54. The number of hydrogen-bond donors (Lipinski definition) is 2. The largest absolute Gasteiger partial charge is 0.346 e. The predicted octanol–water partition coefficient (Wildman–Crippen LogP) is 3.83. The summed E-state index contributed by atoms with van der Waals surface area (Å²) in [5, 5.41) is 12.7. The van der Waals surface area contributed by atoms with Crippen LogP contribution in [0.3, 0.4) is 0 Å². The SMILES string of the molecule is CC1=NN(c2ccc(C)c(C)c2)C(=O)C1/C(C)=N/NC(=O)c1ccc(C(=O)NCc2ccccn2)s1. The summed E-state index contributed by atoms with van der Waals surface area (Å²) in [6.07, 6.45) is 1.66. The highest BCUT2D eigenvalue weighted by Crippen LogP contribution is 2.26. The summed E-state index contributed by atoms with van der Waals surface area (Å²) in [4.78, 5) is 43.0. The summed E-state index contributed by atoms with van der Waals surface area (Å²) in [6.45, 7) is 7.72. The number of thiophene rings is 1. The molecule has 0 spiro atoms. The van der Waals surface area contributed by atoms with Crippen LogP contribution < -0.4 is 15.8 Å². The summed E-state index contributed by atoms with van der Waals surface area (Å²) in [6, 6.07) is 14.3. The van der Waals surface area contributed by atoms with Crippen LogP contribution in [0.5, 0.6) is 0 Å². The van der Waals surface area contributed by atoms with E-state index in [1.165, 1.54) is 5.01 Å². The highest BCUT2D eigenvalue weighted by Gasteiger charge is 2.36. The number of pyridine rings is 1. The van der Waals surface area contributed by atoms with E-state index in [0.717, 1.165) is 28.2 Å². The zero-order valence-corrected chi connectivity index (χ0v) is 21.2. The zero-order valence-electron chi connectivity index (χ0n) is 20.4. The van der Waals surface area contributed by atoms with Crippen LogP contribution in [-0.2, 0) is 11.3 Å². The molecule has 0 radical (unpaired) electrons. The van der Waals surface area contributed by atoms with Crippen molar-refractivity contribution < 1.29 is 14.4 Å². The van der Waals surface area contributed by atoms with Gasteiger partial charge >= 0.3 is 0 Å². The van der Waals surface area contributed by atoms with E-state index >= 15 is 0 Å². The lowest BCUT2D eigenvalue weighted by molar-refractivity contribution is -0.118. The molecule has 0 bridgehead atoms. The molecule has 3 aromatic rings. The Morgan fingerprint density at radius 2 is 1.78 bits per heavy atom. The van der Waals surface area contributed by atoms with Crippen molar-refractivity contribution in [2.45, 2.75) is 34.2 Å². The van der Waals surface area contributed by atoms with Crippen molar-refractivity contribution in [3.05, 3.63) is 81.3 Å². The fourth-order valence-electron chi connectivity index (χ4n) is 3.69. The summed E-state index contributed by atoms with van der Waals surface area (Å²) >= 11 is 1.06. The average Bonchev–Trinajstić information content (AvgIpc) is 3.48. The first-order chi connectivity index (χ1) is 17.2. The molecule has 1 aliphatic rings. The Morgan fingerprint density at radius 3 is 2.47 bits per heavy atom. The van der Waals surface area contributed by atoms with Crippen molar-refractivity contribution in [2.24, 2.45) is 16.1 Å². The number of aryl methyl sites for hydroxylation is 2. The van der Waals surface area contributed by atoms with Gasteiger partial charge in [-0.05, 0) is 75.2 Å². The van der Waals surface area contributed by atoms with E-state index in [2.05, 4.69) is 25.9 Å². The lowest BCUT2D eigenvalue weighted by atomic mass is 9.99. The normalized spacial score (nSPS) is 15.6. The lowest BCUT2D eigenvalue weighted by Crippen LogP contribution is -2.33. The number of aromatic nitrogens is 1. The van der Waals surface area contributed by atoms with Gasteiger partial charge in [-0.25, -0.2) is 5.43 Å². The number of benzene rings is 1. The fraction of sp³-hybridized carbons (Fsp3) is 0.231.